The van der Waals surface area contributed by atoms with Crippen molar-refractivity contribution in [3.8, 4) is 11.8 Å². The van der Waals surface area contributed by atoms with E-state index >= 15 is 0 Å². The zero-order chi connectivity index (χ0) is 13.7. The van der Waals surface area contributed by atoms with Crippen molar-refractivity contribution in [2.24, 2.45) is 5.73 Å². The lowest BCUT2D eigenvalue weighted by Crippen LogP contribution is -2.05. The highest BCUT2D eigenvalue weighted by molar-refractivity contribution is 5.32. The number of hydrogen-bond donors (Lipinski definition) is 1. The Morgan fingerprint density at radius 1 is 1.37 bits per heavy atom. The molecule has 19 heavy (non-hydrogen) atoms. The number of aromatic nitrogens is 1. The summed E-state index contributed by atoms with van der Waals surface area (Å²) in [5.74, 6) is 0.738. The normalized spacial score (nSPS) is 11.6. The molecule has 0 fully saturated rings. The van der Waals surface area contributed by atoms with E-state index in [2.05, 4.69) is 11.1 Å². The van der Waals surface area contributed by atoms with Crippen LogP contribution < -0.4 is 10.5 Å². The zero-order valence-electron chi connectivity index (χ0n) is 10.7. The molecule has 1 aromatic carbocycles. The predicted octanol–water partition coefficient (Wildman–Crippen LogP) is 2.55. The Labute approximate surface area is 112 Å². The maximum Gasteiger partial charge on any atom is 0.147 e. The molecule has 0 spiro atoms. The van der Waals surface area contributed by atoms with Crippen molar-refractivity contribution >= 4 is 0 Å². The molecule has 96 valence electrons. The van der Waals surface area contributed by atoms with Crippen LogP contribution in [-0.2, 0) is 6.61 Å². The number of nitrogens with zero attached hydrogens (tertiary/aromatic N) is 2. The molecular formula is C15H15N3O. The number of rotatable bonds is 4. The minimum atomic E-state index is -0.0309. The van der Waals surface area contributed by atoms with Crippen molar-refractivity contribution in [2.45, 2.75) is 19.6 Å². The zero-order valence-corrected chi connectivity index (χ0v) is 10.7. The van der Waals surface area contributed by atoms with Crippen LogP contribution in [0.15, 0.2) is 42.6 Å². The van der Waals surface area contributed by atoms with Gasteiger partial charge in [0.2, 0.25) is 0 Å². The summed E-state index contributed by atoms with van der Waals surface area (Å²) in [6, 6.07) is 13.3. The van der Waals surface area contributed by atoms with Gasteiger partial charge in [0.1, 0.15) is 24.1 Å². The second kappa shape index (κ2) is 5.98. The van der Waals surface area contributed by atoms with E-state index in [0.29, 0.717) is 12.3 Å². The van der Waals surface area contributed by atoms with Gasteiger partial charge in [0.15, 0.2) is 0 Å². The first-order chi connectivity index (χ1) is 9.20. The Morgan fingerprint density at radius 3 is 2.95 bits per heavy atom. The Hall–Kier alpha value is -2.38. The van der Waals surface area contributed by atoms with Gasteiger partial charge < -0.3 is 10.5 Å². The lowest BCUT2D eigenvalue weighted by atomic mass is 10.1. The largest absolute Gasteiger partial charge is 0.489 e. The first-order valence-corrected chi connectivity index (χ1v) is 6.03. The average molecular weight is 253 g/mol. The highest BCUT2D eigenvalue weighted by atomic mass is 16.5. The van der Waals surface area contributed by atoms with E-state index in [4.69, 9.17) is 15.7 Å². The molecule has 0 radical (unpaired) electrons. The van der Waals surface area contributed by atoms with Gasteiger partial charge in [-0.3, -0.25) is 0 Å². The Bertz CT molecular complexity index is 602. The summed E-state index contributed by atoms with van der Waals surface area (Å²) in [5, 5.41) is 8.95. The van der Waals surface area contributed by atoms with Crippen LogP contribution >= 0.6 is 0 Å². The Kier molecular flexibility index (Phi) is 4.11. The van der Waals surface area contributed by atoms with Gasteiger partial charge in [0.25, 0.3) is 0 Å². The van der Waals surface area contributed by atoms with Gasteiger partial charge in [-0.05, 0) is 30.7 Å². The molecule has 4 nitrogen and oxygen atoms in total. The average Bonchev–Trinajstić information content (AvgIpc) is 2.45. The van der Waals surface area contributed by atoms with Crippen LogP contribution in [0.3, 0.4) is 0 Å². The highest BCUT2D eigenvalue weighted by Gasteiger charge is 2.05. The fourth-order valence-corrected chi connectivity index (χ4v) is 1.70. The maximum atomic E-state index is 8.95. The minimum Gasteiger partial charge on any atom is -0.489 e. The topological polar surface area (TPSA) is 71.9 Å². The van der Waals surface area contributed by atoms with E-state index in [0.717, 1.165) is 16.9 Å². The number of ether oxygens (including phenoxy) is 1. The predicted molar refractivity (Wildman–Crippen MR) is 72.3 cm³/mol. The van der Waals surface area contributed by atoms with E-state index in [1.807, 2.05) is 37.3 Å². The third kappa shape index (κ3) is 3.30. The van der Waals surface area contributed by atoms with Gasteiger partial charge in [-0.2, -0.15) is 5.26 Å². The lowest BCUT2D eigenvalue weighted by Gasteiger charge is -2.10. The van der Waals surface area contributed by atoms with Crippen molar-refractivity contribution < 1.29 is 4.74 Å². The molecule has 0 saturated carbocycles. The minimum absolute atomic E-state index is 0.0309. The van der Waals surface area contributed by atoms with Crippen molar-refractivity contribution in [2.75, 3.05) is 0 Å². The molecule has 0 aliphatic carbocycles. The van der Waals surface area contributed by atoms with Crippen LogP contribution in [0.2, 0.25) is 0 Å². The summed E-state index contributed by atoms with van der Waals surface area (Å²) >= 11 is 0. The number of nitrogens with two attached hydrogens (primary N) is 1. The molecule has 1 heterocycles. The van der Waals surface area contributed by atoms with Gasteiger partial charge in [-0.15, -0.1) is 0 Å². The number of benzene rings is 1. The molecule has 4 heteroatoms. The third-order valence-corrected chi connectivity index (χ3v) is 2.78. The quantitative estimate of drug-likeness (QED) is 0.908. The second-order valence-electron chi connectivity index (χ2n) is 4.27. The SMILES string of the molecule is CC(N)c1cccc(OCc2cccnc2C#N)c1. The summed E-state index contributed by atoms with van der Waals surface area (Å²) in [7, 11) is 0. The first kappa shape index (κ1) is 13.1. The van der Waals surface area contributed by atoms with E-state index in [1.54, 1.807) is 12.3 Å². The van der Waals surface area contributed by atoms with Crippen LogP contribution in [0.4, 0.5) is 0 Å². The van der Waals surface area contributed by atoms with E-state index in [9.17, 15) is 0 Å². The van der Waals surface area contributed by atoms with E-state index in [1.165, 1.54) is 0 Å². The molecular weight excluding hydrogens is 238 g/mol. The van der Waals surface area contributed by atoms with Crippen LogP contribution in [0.25, 0.3) is 0 Å². The number of nitriles is 1. The van der Waals surface area contributed by atoms with Crippen molar-refractivity contribution in [1.82, 2.24) is 4.98 Å². The number of hydrogen-bond acceptors (Lipinski definition) is 4. The van der Waals surface area contributed by atoms with Gasteiger partial charge in [0.05, 0.1) is 0 Å². The van der Waals surface area contributed by atoms with Crippen LogP contribution in [0.5, 0.6) is 5.75 Å². The molecule has 1 unspecified atom stereocenters. The molecule has 0 saturated heterocycles. The fraction of sp³-hybridized carbons (Fsp3) is 0.200. The molecule has 0 aliphatic rings. The highest BCUT2D eigenvalue weighted by Crippen LogP contribution is 2.19. The summed E-state index contributed by atoms with van der Waals surface area (Å²) in [4.78, 5) is 3.99. The smallest absolute Gasteiger partial charge is 0.147 e. The fourth-order valence-electron chi connectivity index (χ4n) is 1.70. The van der Waals surface area contributed by atoms with E-state index < -0.39 is 0 Å². The molecule has 1 aromatic heterocycles. The van der Waals surface area contributed by atoms with Gasteiger partial charge >= 0.3 is 0 Å². The summed E-state index contributed by atoms with van der Waals surface area (Å²) in [6.45, 7) is 2.24. The molecule has 0 aliphatic heterocycles. The first-order valence-electron chi connectivity index (χ1n) is 6.03. The van der Waals surface area contributed by atoms with Crippen LogP contribution in [0.1, 0.15) is 29.8 Å². The third-order valence-electron chi connectivity index (χ3n) is 2.78. The monoisotopic (exact) mass is 253 g/mol. The van der Waals surface area contributed by atoms with Crippen molar-refractivity contribution in [3.05, 3.63) is 59.4 Å². The summed E-state index contributed by atoms with van der Waals surface area (Å²) < 4.78 is 5.68. The maximum absolute atomic E-state index is 8.95. The van der Waals surface area contributed by atoms with Gasteiger partial charge in [-0.1, -0.05) is 18.2 Å². The van der Waals surface area contributed by atoms with Crippen molar-refractivity contribution in [1.29, 1.82) is 5.26 Å². The molecule has 0 bridgehead atoms. The van der Waals surface area contributed by atoms with Crippen LogP contribution in [0, 0.1) is 11.3 Å². The molecule has 2 rings (SSSR count). The Balaban J connectivity index is 2.11. The lowest BCUT2D eigenvalue weighted by molar-refractivity contribution is 0.305. The molecule has 0 amide bonds. The van der Waals surface area contributed by atoms with Gasteiger partial charge in [0, 0.05) is 17.8 Å². The molecule has 2 aromatic rings. The van der Waals surface area contributed by atoms with Gasteiger partial charge in [-0.25, -0.2) is 4.98 Å². The Morgan fingerprint density at radius 2 is 2.21 bits per heavy atom. The van der Waals surface area contributed by atoms with Crippen LogP contribution in [-0.4, -0.2) is 4.98 Å². The molecule has 2 N–H and O–H groups in total. The van der Waals surface area contributed by atoms with E-state index in [-0.39, 0.29) is 6.04 Å². The molecule has 1 atom stereocenters. The van der Waals surface area contributed by atoms with Crippen molar-refractivity contribution in [3.63, 3.8) is 0 Å². The standard InChI is InChI=1S/C15H15N3O/c1-11(17)12-4-2-6-14(8-12)19-10-13-5-3-7-18-15(13)9-16/h2-8,11H,10,17H2,1H3. The number of pyridine rings is 1. The second-order valence-corrected chi connectivity index (χ2v) is 4.27. The summed E-state index contributed by atoms with van der Waals surface area (Å²) in [6.07, 6.45) is 1.60. The summed E-state index contributed by atoms with van der Waals surface area (Å²) in [5.41, 5.74) is 8.01.